The summed E-state index contributed by atoms with van der Waals surface area (Å²) in [5.41, 5.74) is 3.98. The number of hydrogen-bond acceptors (Lipinski definition) is 2. The molecule has 0 radical (unpaired) electrons. The molecule has 0 spiro atoms. The van der Waals surface area contributed by atoms with Crippen molar-refractivity contribution in [1.29, 1.82) is 0 Å². The van der Waals surface area contributed by atoms with Crippen LogP contribution < -0.4 is 0 Å². The molecule has 0 bridgehead atoms. The molecule has 0 amide bonds. The number of hydrogen-bond donors (Lipinski definition) is 2. The van der Waals surface area contributed by atoms with E-state index in [2.05, 4.69) is 9.97 Å². The Labute approximate surface area is 105 Å². The van der Waals surface area contributed by atoms with Crippen molar-refractivity contribution in [1.82, 2.24) is 9.97 Å². The van der Waals surface area contributed by atoms with Crippen molar-refractivity contribution in [2.75, 3.05) is 0 Å². The number of aliphatic carboxylic acids is 1. The predicted molar refractivity (Wildman–Crippen MR) is 70.2 cm³/mol. The molecule has 2 aromatic rings. The molecule has 2 N–H and O–H groups in total. The van der Waals surface area contributed by atoms with Crippen molar-refractivity contribution in [2.45, 2.75) is 13.8 Å². The number of aromatic nitrogens is 2. The summed E-state index contributed by atoms with van der Waals surface area (Å²) in [5.74, 6) is -0.436. The maximum atomic E-state index is 10.5. The second-order valence-electron chi connectivity index (χ2n) is 4.08. The molecule has 0 saturated heterocycles. The van der Waals surface area contributed by atoms with Gasteiger partial charge in [-0.25, -0.2) is 9.78 Å². The van der Waals surface area contributed by atoms with Gasteiger partial charge < -0.3 is 10.1 Å². The minimum atomic E-state index is -0.985. The lowest BCUT2D eigenvalue weighted by molar-refractivity contribution is -0.131. The van der Waals surface area contributed by atoms with Crippen LogP contribution in [0.3, 0.4) is 0 Å². The topological polar surface area (TPSA) is 66.0 Å². The van der Waals surface area contributed by atoms with Crippen LogP contribution in [0.25, 0.3) is 17.3 Å². The van der Waals surface area contributed by atoms with Crippen LogP contribution in [0.4, 0.5) is 0 Å². The van der Waals surface area contributed by atoms with Crippen molar-refractivity contribution >= 4 is 12.0 Å². The number of nitrogens with one attached hydrogen (secondary N) is 1. The fourth-order valence-electron chi connectivity index (χ4n) is 1.81. The van der Waals surface area contributed by atoms with Gasteiger partial charge in [0.05, 0.1) is 5.69 Å². The Bertz CT molecular complexity index is 612. The summed E-state index contributed by atoms with van der Waals surface area (Å²) in [5, 5.41) is 8.58. The van der Waals surface area contributed by atoms with E-state index in [0.29, 0.717) is 5.82 Å². The van der Waals surface area contributed by atoms with Gasteiger partial charge in [-0.2, -0.15) is 0 Å². The first kappa shape index (κ1) is 12.1. The molecule has 1 aromatic carbocycles. The second kappa shape index (κ2) is 4.87. The van der Waals surface area contributed by atoms with Gasteiger partial charge in [-0.15, -0.1) is 0 Å². The van der Waals surface area contributed by atoms with Gasteiger partial charge in [0, 0.05) is 17.3 Å². The highest BCUT2D eigenvalue weighted by Gasteiger charge is 2.09. The number of nitrogens with zero attached hydrogens (tertiary/aromatic N) is 1. The molecule has 0 unspecified atom stereocenters. The molecule has 92 valence electrons. The van der Waals surface area contributed by atoms with E-state index in [4.69, 9.17) is 5.11 Å². The number of aromatic amines is 1. The Morgan fingerprint density at radius 2 is 2.06 bits per heavy atom. The molecule has 0 aliphatic heterocycles. The standard InChI is InChI=1S/C14H14N2O2/c1-9-5-3-4-6-11(9)14-10(2)15-12(16-14)7-8-13(17)18/h3-8H,1-2H3,(H,15,16)(H,17,18)/b8-7+. The molecule has 4 heteroatoms. The number of carboxylic acids is 1. The van der Waals surface area contributed by atoms with Crippen molar-refractivity contribution in [2.24, 2.45) is 0 Å². The van der Waals surface area contributed by atoms with Crippen LogP contribution in [0.1, 0.15) is 17.1 Å². The third-order valence-corrected chi connectivity index (χ3v) is 2.69. The molecule has 0 aliphatic carbocycles. The highest BCUT2D eigenvalue weighted by Crippen LogP contribution is 2.24. The van der Waals surface area contributed by atoms with E-state index in [1.54, 1.807) is 0 Å². The number of aryl methyl sites for hydroxylation is 2. The monoisotopic (exact) mass is 242 g/mol. The normalized spacial score (nSPS) is 11.0. The van der Waals surface area contributed by atoms with E-state index in [1.165, 1.54) is 6.08 Å². The average molecular weight is 242 g/mol. The quantitative estimate of drug-likeness (QED) is 0.813. The third-order valence-electron chi connectivity index (χ3n) is 2.69. The van der Waals surface area contributed by atoms with E-state index in [-0.39, 0.29) is 0 Å². The van der Waals surface area contributed by atoms with Gasteiger partial charge in [0.15, 0.2) is 0 Å². The van der Waals surface area contributed by atoms with Gasteiger partial charge in [-0.1, -0.05) is 24.3 Å². The first-order valence-corrected chi connectivity index (χ1v) is 5.61. The average Bonchev–Trinajstić information content (AvgIpc) is 2.69. The summed E-state index contributed by atoms with van der Waals surface area (Å²) >= 11 is 0. The zero-order valence-corrected chi connectivity index (χ0v) is 10.3. The fourth-order valence-corrected chi connectivity index (χ4v) is 1.81. The van der Waals surface area contributed by atoms with Crippen molar-refractivity contribution < 1.29 is 9.90 Å². The maximum absolute atomic E-state index is 10.5. The molecule has 0 saturated carbocycles. The summed E-state index contributed by atoms with van der Waals surface area (Å²) < 4.78 is 0. The number of benzene rings is 1. The minimum absolute atomic E-state index is 0.549. The predicted octanol–water partition coefficient (Wildman–Crippen LogP) is 2.79. The largest absolute Gasteiger partial charge is 0.478 e. The van der Waals surface area contributed by atoms with Crippen LogP contribution in [0.5, 0.6) is 0 Å². The van der Waals surface area contributed by atoms with E-state index in [9.17, 15) is 4.79 Å². The van der Waals surface area contributed by atoms with Gasteiger partial charge in [0.2, 0.25) is 0 Å². The summed E-state index contributed by atoms with van der Waals surface area (Å²) in [4.78, 5) is 17.9. The van der Waals surface area contributed by atoms with Gasteiger partial charge in [-0.05, 0) is 25.5 Å². The lowest BCUT2D eigenvalue weighted by Gasteiger charge is -2.02. The molecule has 0 fully saturated rings. The second-order valence-corrected chi connectivity index (χ2v) is 4.08. The minimum Gasteiger partial charge on any atom is -0.478 e. The number of carboxylic acid groups (broad SMARTS) is 1. The number of imidazole rings is 1. The molecule has 18 heavy (non-hydrogen) atoms. The number of carbonyl (C=O) groups is 1. The molecule has 2 rings (SSSR count). The van der Waals surface area contributed by atoms with Crippen molar-refractivity contribution in [3.05, 3.63) is 47.4 Å². The highest BCUT2D eigenvalue weighted by atomic mass is 16.4. The van der Waals surface area contributed by atoms with Gasteiger partial charge in [0.25, 0.3) is 0 Å². The van der Waals surface area contributed by atoms with Crippen LogP contribution in [0.15, 0.2) is 30.3 Å². The molecule has 0 atom stereocenters. The van der Waals surface area contributed by atoms with Gasteiger partial charge in [0.1, 0.15) is 5.82 Å². The van der Waals surface area contributed by atoms with Crippen molar-refractivity contribution in [3.63, 3.8) is 0 Å². The van der Waals surface area contributed by atoms with Gasteiger partial charge >= 0.3 is 5.97 Å². The highest BCUT2D eigenvalue weighted by molar-refractivity contribution is 5.84. The molecular weight excluding hydrogens is 228 g/mol. The van der Waals surface area contributed by atoms with E-state index in [1.807, 2.05) is 38.1 Å². The molecule has 4 nitrogen and oxygen atoms in total. The van der Waals surface area contributed by atoms with E-state index >= 15 is 0 Å². The van der Waals surface area contributed by atoms with Gasteiger partial charge in [-0.3, -0.25) is 0 Å². The Kier molecular flexibility index (Phi) is 3.28. The summed E-state index contributed by atoms with van der Waals surface area (Å²) in [6, 6.07) is 7.97. The van der Waals surface area contributed by atoms with Crippen LogP contribution in [-0.2, 0) is 4.79 Å². The Morgan fingerprint density at radius 3 is 2.72 bits per heavy atom. The Hall–Kier alpha value is -2.36. The SMILES string of the molecule is Cc1ccccc1-c1nc(/C=C/C(=O)O)[nH]c1C. The Morgan fingerprint density at radius 1 is 1.33 bits per heavy atom. The summed E-state index contributed by atoms with van der Waals surface area (Å²) in [7, 11) is 0. The fraction of sp³-hybridized carbons (Fsp3) is 0.143. The van der Waals surface area contributed by atoms with E-state index < -0.39 is 5.97 Å². The first-order chi connectivity index (χ1) is 8.58. The lowest BCUT2D eigenvalue weighted by Crippen LogP contribution is -1.86. The Balaban J connectivity index is 2.42. The maximum Gasteiger partial charge on any atom is 0.328 e. The van der Waals surface area contributed by atoms with Crippen molar-refractivity contribution in [3.8, 4) is 11.3 Å². The summed E-state index contributed by atoms with van der Waals surface area (Å²) in [6.45, 7) is 3.95. The van der Waals surface area contributed by atoms with E-state index in [0.717, 1.165) is 28.6 Å². The number of rotatable bonds is 3. The zero-order chi connectivity index (χ0) is 13.1. The van der Waals surface area contributed by atoms with Crippen LogP contribution in [-0.4, -0.2) is 21.0 Å². The third kappa shape index (κ3) is 2.48. The zero-order valence-electron chi connectivity index (χ0n) is 10.3. The smallest absolute Gasteiger partial charge is 0.328 e. The molecular formula is C14H14N2O2. The first-order valence-electron chi connectivity index (χ1n) is 5.61. The molecule has 1 heterocycles. The molecule has 0 aliphatic rings. The molecule has 1 aromatic heterocycles. The van der Waals surface area contributed by atoms with Crippen LogP contribution >= 0.6 is 0 Å². The number of H-pyrrole nitrogens is 1. The lowest BCUT2D eigenvalue weighted by atomic mass is 10.1. The van der Waals surface area contributed by atoms with Crippen LogP contribution in [0, 0.1) is 13.8 Å². The summed E-state index contributed by atoms with van der Waals surface area (Å²) in [6.07, 6.45) is 2.52. The van der Waals surface area contributed by atoms with Crippen LogP contribution in [0.2, 0.25) is 0 Å².